The maximum Gasteiger partial charge on any atom is 0.387 e. The van der Waals surface area contributed by atoms with Gasteiger partial charge in [0.1, 0.15) is 5.75 Å². The number of imidazole rings is 1. The third kappa shape index (κ3) is 3.79. The lowest BCUT2D eigenvalue weighted by Crippen LogP contribution is -2.32. The van der Waals surface area contributed by atoms with Crippen LogP contribution in [0.5, 0.6) is 5.75 Å². The van der Waals surface area contributed by atoms with Crippen LogP contribution in [0.2, 0.25) is 0 Å². The maximum absolute atomic E-state index is 12.5. The Morgan fingerprint density at radius 2 is 2.22 bits per heavy atom. The summed E-state index contributed by atoms with van der Waals surface area (Å²) in [7, 11) is 1.96. The van der Waals surface area contributed by atoms with Crippen LogP contribution in [0, 0.1) is 0 Å². The predicted molar refractivity (Wildman–Crippen MR) is 83.7 cm³/mol. The van der Waals surface area contributed by atoms with E-state index in [1.807, 2.05) is 29.9 Å². The molecular formula is C16H20F2N4O. The number of hydrogen-bond donors (Lipinski definition) is 1. The summed E-state index contributed by atoms with van der Waals surface area (Å²) < 4.78 is 31.6. The summed E-state index contributed by atoms with van der Waals surface area (Å²) in [5.74, 6) is 0.231. The first-order valence-corrected chi connectivity index (χ1v) is 7.61. The molecule has 1 aromatic heterocycles. The van der Waals surface area contributed by atoms with Gasteiger partial charge in [0.15, 0.2) is 0 Å². The van der Waals surface area contributed by atoms with Crippen LogP contribution in [0.4, 0.5) is 14.5 Å². The van der Waals surface area contributed by atoms with E-state index in [9.17, 15) is 8.78 Å². The van der Waals surface area contributed by atoms with Crippen molar-refractivity contribution in [3.8, 4) is 5.75 Å². The van der Waals surface area contributed by atoms with Crippen molar-refractivity contribution in [2.45, 2.75) is 25.6 Å². The number of aryl methyl sites for hydroxylation is 1. The van der Waals surface area contributed by atoms with E-state index in [4.69, 9.17) is 0 Å². The smallest absolute Gasteiger partial charge is 0.387 e. The van der Waals surface area contributed by atoms with Crippen LogP contribution in [0.25, 0.3) is 0 Å². The lowest BCUT2D eigenvalue weighted by atomic mass is 10.2. The number of hydrogen-bond acceptors (Lipinski definition) is 4. The molecular weight excluding hydrogens is 302 g/mol. The maximum atomic E-state index is 12.5. The van der Waals surface area contributed by atoms with Gasteiger partial charge >= 0.3 is 6.61 Å². The predicted octanol–water partition coefficient (Wildman–Crippen LogP) is 2.39. The molecule has 0 spiro atoms. The van der Waals surface area contributed by atoms with E-state index in [-0.39, 0.29) is 5.75 Å². The Balaban J connectivity index is 1.60. The van der Waals surface area contributed by atoms with Crippen LogP contribution in [-0.2, 0) is 13.6 Å². The minimum absolute atomic E-state index is 0.231. The number of nitrogens with zero attached hydrogens (tertiary/aromatic N) is 3. The van der Waals surface area contributed by atoms with Gasteiger partial charge in [0, 0.05) is 38.9 Å². The zero-order valence-corrected chi connectivity index (χ0v) is 13.0. The fourth-order valence-corrected chi connectivity index (χ4v) is 2.86. The summed E-state index contributed by atoms with van der Waals surface area (Å²) >= 11 is 0. The average Bonchev–Trinajstić information content (AvgIpc) is 3.14. The van der Waals surface area contributed by atoms with Gasteiger partial charge in [-0.1, -0.05) is 12.1 Å². The molecule has 23 heavy (non-hydrogen) atoms. The Morgan fingerprint density at radius 1 is 1.39 bits per heavy atom. The van der Waals surface area contributed by atoms with E-state index < -0.39 is 6.61 Å². The Bertz CT molecular complexity index is 647. The largest absolute Gasteiger partial charge is 0.433 e. The molecule has 1 fully saturated rings. The minimum Gasteiger partial charge on any atom is -0.433 e. The van der Waals surface area contributed by atoms with Crippen LogP contribution >= 0.6 is 0 Å². The fraction of sp³-hybridized carbons (Fsp3) is 0.438. The summed E-state index contributed by atoms with van der Waals surface area (Å²) in [5, 5.41) is 3.49. The highest BCUT2D eigenvalue weighted by Crippen LogP contribution is 2.31. The average molecular weight is 322 g/mol. The van der Waals surface area contributed by atoms with Crippen molar-refractivity contribution in [3.05, 3.63) is 42.5 Å². The summed E-state index contributed by atoms with van der Waals surface area (Å²) in [6.45, 7) is -0.490. The molecule has 1 aliphatic heterocycles. The second-order valence-corrected chi connectivity index (χ2v) is 5.65. The number of para-hydroxylation sites is 2. The molecule has 2 heterocycles. The highest BCUT2D eigenvalue weighted by molar-refractivity contribution is 5.59. The quantitative estimate of drug-likeness (QED) is 0.887. The second kappa shape index (κ2) is 6.95. The van der Waals surface area contributed by atoms with Crippen molar-refractivity contribution >= 4 is 5.69 Å². The molecule has 124 valence electrons. The third-order valence-electron chi connectivity index (χ3n) is 4.10. The molecule has 1 saturated heterocycles. The molecule has 0 saturated carbocycles. The third-order valence-corrected chi connectivity index (χ3v) is 4.10. The molecule has 1 aromatic carbocycles. The highest BCUT2D eigenvalue weighted by Gasteiger charge is 2.25. The Labute approximate surface area is 133 Å². The lowest BCUT2D eigenvalue weighted by Gasteiger charge is -2.22. The van der Waals surface area contributed by atoms with Crippen LogP contribution in [-0.4, -0.2) is 35.3 Å². The number of anilines is 1. The number of aromatic nitrogens is 2. The first-order valence-electron chi connectivity index (χ1n) is 7.61. The molecule has 1 aliphatic rings. The molecule has 1 N–H and O–H groups in total. The van der Waals surface area contributed by atoms with Crippen LogP contribution in [0.3, 0.4) is 0 Å². The van der Waals surface area contributed by atoms with Gasteiger partial charge < -0.3 is 19.5 Å². The van der Waals surface area contributed by atoms with Crippen molar-refractivity contribution in [2.24, 2.45) is 7.05 Å². The zero-order valence-electron chi connectivity index (χ0n) is 13.0. The van der Waals surface area contributed by atoms with Crippen molar-refractivity contribution < 1.29 is 13.5 Å². The van der Waals surface area contributed by atoms with Crippen LogP contribution in [0.15, 0.2) is 36.8 Å². The number of halogens is 2. The molecule has 0 aliphatic carbocycles. The Hall–Kier alpha value is -2.15. The summed E-state index contributed by atoms with van der Waals surface area (Å²) in [6, 6.07) is 7.25. The molecule has 0 amide bonds. The van der Waals surface area contributed by atoms with Crippen molar-refractivity contribution in [1.29, 1.82) is 0 Å². The van der Waals surface area contributed by atoms with Gasteiger partial charge in [0.2, 0.25) is 0 Å². The molecule has 7 heteroatoms. The second-order valence-electron chi connectivity index (χ2n) is 5.65. The van der Waals surface area contributed by atoms with Gasteiger partial charge in [-0.05, 0) is 18.6 Å². The molecule has 3 rings (SSSR count). The topological polar surface area (TPSA) is 42.3 Å². The van der Waals surface area contributed by atoms with E-state index in [1.54, 1.807) is 18.5 Å². The van der Waals surface area contributed by atoms with Gasteiger partial charge in [-0.15, -0.1) is 0 Å². The molecule has 0 bridgehead atoms. The van der Waals surface area contributed by atoms with E-state index in [0.29, 0.717) is 6.04 Å². The summed E-state index contributed by atoms with van der Waals surface area (Å²) in [6.07, 6.45) is 4.57. The van der Waals surface area contributed by atoms with Crippen LogP contribution < -0.4 is 15.0 Å². The van der Waals surface area contributed by atoms with E-state index in [2.05, 4.69) is 19.9 Å². The Morgan fingerprint density at radius 3 is 2.96 bits per heavy atom. The molecule has 2 aromatic rings. The minimum atomic E-state index is -2.81. The van der Waals surface area contributed by atoms with Crippen molar-refractivity contribution in [3.63, 3.8) is 0 Å². The standard InChI is InChI=1S/C16H20F2N4O/c1-21-11-19-8-13(21)9-20-12-6-7-22(10-12)14-4-2-3-5-15(14)23-16(17)18/h2-5,8,11-12,16,20H,6-7,9-10H2,1H3/t12-/m1/s1. The molecule has 5 nitrogen and oxygen atoms in total. The normalized spacial score (nSPS) is 17.9. The van der Waals surface area contributed by atoms with Crippen molar-refractivity contribution in [2.75, 3.05) is 18.0 Å². The zero-order chi connectivity index (χ0) is 16.2. The number of alkyl halides is 2. The number of benzene rings is 1. The lowest BCUT2D eigenvalue weighted by molar-refractivity contribution is -0.0495. The van der Waals surface area contributed by atoms with Gasteiger partial charge in [-0.2, -0.15) is 8.78 Å². The van der Waals surface area contributed by atoms with Crippen LogP contribution in [0.1, 0.15) is 12.1 Å². The van der Waals surface area contributed by atoms with E-state index in [1.165, 1.54) is 0 Å². The van der Waals surface area contributed by atoms with Gasteiger partial charge in [0.05, 0.1) is 17.7 Å². The molecule has 0 unspecified atom stereocenters. The fourth-order valence-electron chi connectivity index (χ4n) is 2.86. The highest BCUT2D eigenvalue weighted by atomic mass is 19.3. The SMILES string of the molecule is Cn1cncc1CN[C@@H]1CCN(c2ccccc2OC(F)F)C1. The van der Waals surface area contributed by atoms with Gasteiger partial charge in [-0.25, -0.2) is 4.98 Å². The number of rotatable bonds is 6. The number of ether oxygens (including phenoxy) is 1. The molecule has 1 atom stereocenters. The van der Waals surface area contributed by atoms with E-state index in [0.717, 1.165) is 37.4 Å². The van der Waals surface area contributed by atoms with E-state index >= 15 is 0 Å². The van der Waals surface area contributed by atoms with Gasteiger partial charge in [-0.3, -0.25) is 0 Å². The first-order chi connectivity index (χ1) is 11.1. The summed E-state index contributed by atoms with van der Waals surface area (Å²) in [5.41, 5.74) is 1.84. The monoisotopic (exact) mass is 322 g/mol. The first kappa shape index (κ1) is 15.7. The summed E-state index contributed by atoms with van der Waals surface area (Å²) in [4.78, 5) is 6.18. The number of nitrogens with one attached hydrogen (secondary N) is 1. The van der Waals surface area contributed by atoms with Gasteiger partial charge in [0.25, 0.3) is 0 Å². The molecule has 0 radical (unpaired) electrons. The van der Waals surface area contributed by atoms with Crippen molar-refractivity contribution in [1.82, 2.24) is 14.9 Å². The Kier molecular flexibility index (Phi) is 4.76.